The Labute approximate surface area is 128 Å². The zero-order chi connectivity index (χ0) is 14.9. The second-order valence-electron chi connectivity index (χ2n) is 5.96. The molecular weight excluding hydrogens is 262 g/mol. The van der Waals surface area contributed by atoms with Crippen LogP contribution in [-0.4, -0.2) is 12.5 Å². The highest BCUT2D eigenvalue weighted by atomic mass is 16.5. The Hall–Kier alpha value is -1.51. The summed E-state index contributed by atoms with van der Waals surface area (Å²) in [7, 11) is 0. The van der Waals surface area contributed by atoms with Gasteiger partial charge in [-0.1, -0.05) is 39.0 Å². The van der Waals surface area contributed by atoms with Gasteiger partial charge in [-0.05, 0) is 43.0 Å². The van der Waals surface area contributed by atoms with E-state index in [-0.39, 0.29) is 5.91 Å². The Bertz CT molecular complexity index is 421. The van der Waals surface area contributed by atoms with E-state index in [2.05, 4.69) is 5.32 Å². The zero-order valence-corrected chi connectivity index (χ0v) is 13.1. The van der Waals surface area contributed by atoms with Crippen molar-refractivity contribution in [3.63, 3.8) is 0 Å². The first kappa shape index (κ1) is 15.9. The normalized spacial score (nSPS) is 15.7. The number of anilines is 1. The molecule has 0 radical (unpaired) electrons. The van der Waals surface area contributed by atoms with Crippen molar-refractivity contribution in [2.45, 2.75) is 58.3 Å². The van der Waals surface area contributed by atoms with Crippen molar-refractivity contribution in [2.75, 3.05) is 11.9 Å². The lowest BCUT2D eigenvalue weighted by molar-refractivity contribution is -0.116. The molecule has 0 heterocycles. The van der Waals surface area contributed by atoms with Gasteiger partial charge in [0, 0.05) is 12.1 Å². The van der Waals surface area contributed by atoms with Crippen LogP contribution in [0, 0.1) is 5.92 Å². The van der Waals surface area contributed by atoms with E-state index in [1.54, 1.807) is 0 Å². The fourth-order valence-electron chi connectivity index (χ4n) is 2.90. The highest BCUT2D eigenvalue weighted by Crippen LogP contribution is 2.26. The molecule has 3 nitrogen and oxygen atoms in total. The van der Waals surface area contributed by atoms with Gasteiger partial charge in [0.05, 0.1) is 6.61 Å². The lowest BCUT2D eigenvalue weighted by atomic mass is 9.87. The van der Waals surface area contributed by atoms with E-state index in [1.807, 2.05) is 31.2 Å². The smallest absolute Gasteiger partial charge is 0.224 e. The Morgan fingerprint density at radius 3 is 2.57 bits per heavy atom. The number of rotatable bonds is 7. The highest BCUT2D eigenvalue weighted by molar-refractivity contribution is 5.90. The molecule has 21 heavy (non-hydrogen) atoms. The molecule has 0 unspecified atom stereocenters. The monoisotopic (exact) mass is 289 g/mol. The first-order valence-corrected chi connectivity index (χ1v) is 8.30. The van der Waals surface area contributed by atoms with Crippen molar-refractivity contribution in [1.82, 2.24) is 0 Å². The first-order valence-electron chi connectivity index (χ1n) is 8.30. The van der Waals surface area contributed by atoms with Gasteiger partial charge >= 0.3 is 0 Å². The van der Waals surface area contributed by atoms with Crippen LogP contribution in [0.1, 0.15) is 58.3 Å². The van der Waals surface area contributed by atoms with Crippen LogP contribution in [0.3, 0.4) is 0 Å². The van der Waals surface area contributed by atoms with E-state index >= 15 is 0 Å². The van der Waals surface area contributed by atoms with Gasteiger partial charge in [0.15, 0.2) is 0 Å². The van der Waals surface area contributed by atoms with Crippen molar-refractivity contribution in [3.05, 3.63) is 24.3 Å². The average Bonchev–Trinajstić information content (AvgIpc) is 2.50. The summed E-state index contributed by atoms with van der Waals surface area (Å²) in [5, 5.41) is 2.88. The molecule has 0 aromatic heterocycles. The van der Waals surface area contributed by atoms with Gasteiger partial charge in [-0.3, -0.25) is 4.79 Å². The maximum Gasteiger partial charge on any atom is 0.224 e. The summed E-state index contributed by atoms with van der Waals surface area (Å²) >= 11 is 0. The van der Waals surface area contributed by atoms with E-state index in [1.165, 1.54) is 32.1 Å². The Kier molecular flexibility index (Phi) is 6.58. The minimum Gasteiger partial charge on any atom is -0.494 e. The van der Waals surface area contributed by atoms with Crippen molar-refractivity contribution in [2.24, 2.45) is 5.92 Å². The van der Waals surface area contributed by atoms with E-state index in [9.17, 15) is 4.79 Å². The fraction of sp³-hybridized carbons (Fsp3) is 0.611. The topological polar surface area (TPSA) is 38.3 Å². The van der Waals surface area contributed by atoms with Gasteiger partial charge in [-0.15, -0.1) is 0 Å². The second-order valence-corrected chi connectivity index (χ2v) is 5.96. The first-order chi connectivity index (χ1) is 10.3. The molecule has 0 spiro atoms. The van der Waals surface area contributed by atoms with E-state index in [0.717, 1.165) is 36.8 Å². The second kappa shape index (κ2) is 8.71. The molecule has 116 valence electrons. The lowest BCUT2D eigenvalue weighted by Crippen LogP contribution is -2.11. The maximum atomic E-state index is 11.5. The lowest BCUT2D eigenvalue weighted by Gasteiger charge is -2.21. The van der Waals surface area contributed by atoms with Crippen LogP contribution >= 0.6 is 0 Å². The molecule has 2 rings (SSSR count). The molecular formula is C18H27NO2. The van der Waals surface area contributed by atoms with E-state index < -0.39 is 0 Å². The number of benzene rings is 1. The quantitative estimate of drug-likeness (QED) is 0.785. The molecule has 0 aliphatic heterocycles. The molecule has 1 saturated carbocycles. The standard InChI is InChI=1S/C18H27NO2/c1-2-6-18(20)19-16-9-11-17(12-10-16)21-14-13-15-7-4-3-5-8-15/h9-12,15H,2-8,13-14H2,1H3,(H,19,20). The van der Waals surface area contributed by atoms with Gasteiger partial charge in [-0.25, -0.2) is 0 Å². The summed E-state index contributed by atoms with van der Waals surface area (Å²) in [6.45, 7) is 2.80. The maximum absolute atomic E-state index is 11.5. The number of hydrogen-bond acceptors (Lipinski definition) is 2. The number of hydrogen-bond donors (Lipinski definition) is 1. The van der Waals surface area contributed by atoms with E-state index in [4.69, 9.17) is 4.74 Å². The molecule has 0 bridgehead atoms. The molecule has 0 atom stereocenters. The van der Waals surface area contributed by atoms with Crippen molar-refractivity contribution < 1.29 is 9.53 Å². The molecule has 1 aromatic rings. The summed E-state index contributed by atoms with van der Waals surface area (Å²) in [5.41, 5.74) is 0.841. The van der Waals surface area contributed by atoms with E-state index in [0.29, 0.717) is 6.42 Å². The summed E-state index contributed by atoms with van der Waals surface area (Å²) in [5.74, 6) is 1.81. The van der Waals surface area contributed by atoms with Gasteiger partial charge in [0.2, 0.25) is 5.91 Å². The summed E-state index contributed by atoms with van der Waals surface area (Å²) in [4.78, 5) is 11.5. The van der Waals surface area contributed by atoms with Crippen molar-refractivity contribution in [1.29, 1.82) is 0 Å². The van der Waals surface area contributed by atoms with Crippen LogP contribution in [0.15, 0.2) is 24.3 Å². The number of ether oxygens (including phenoxy) is 1. The summed E-state index contributed by atoms with van der Waals surface area (Å²) < 4.78 is 5.80. The molecule has 0 saturated heterocycles. The van der Waals surface area contributed by atoms with Crippen LogP contribution in [-0.2, 0) is 4.79 Å². The van der Waals surface area contributed by atoms with Crippen LogP contribution in [0.2, 0.25) is 0 Å². The average molecular weight is 289 g/mol. The molecule has 1 fully saturated rings. The van der Waals surface area contributed by atoms with Crippen LogP contribution in [0.5, 0.6) is 5.75 Å². The van der Waals surface area contributed by atoms with Crippen LogP contribution in [0.25, 0.3) is 0 Å². The zero-order valence-electron chi connectivity index (χ0n) is 13.1. The highest BCUT2D eigenvalue weighted by Gasteiger charge is 2.13. The third-order valence-corrected chi connectivity index (χ3v) is 4.13. The van der Waals surface area contributed by atoms with Gasteiger partial charge < -0.3 is 10.1 Å². The number of carbonyl (C=O) groups is 1. The molecule has 3 heteroatoms. The van der Waals surface area contributed by atoms with Gasteiger partial charge in [0.1, 0.15) is 5.75 Å². The largest absolute Gasteiger partial charge is 0.494 e. The third kappa shape index (κ3) is 5.78. The van der Waals surface area contributed by atoms with Crippen molar-refractivity contribution in [3.8, 4) is 5.75 Å². The molecule has 1 aliphatic carbocycles. The van der Waals surface area contributed by atoms with Crippen LogP contribution < -0.4 is 10.1 Å². The molecule has 1 amide bonds. The minimum absolute atomic E-state index is 0.0727. The van der Waals surface area contributed by atoms with Crippen molar-refractivity contribution >= 4 is 11.6 Å². The number of carbonyl (C=O) groups excluding carboxylic acids is 1. The summed E-state index contributed by atoms with van der Waals surface area (Å²) in [6, 6.07) is 7.68. The summed E-state index contributed by atoms with van der Waals surface area (Å²) in [6.07, 6.45) is 9.51. The third-order valence-electron chi connectivity index (χ3n) is 4.13. The fourth-order valence-corrected chi connectivity index (χ4v) is 2.90. The Morgan fingerprint density at radius 2 is 1.90 bits per heavy atom. The molecule has 1 N–H and O–H groups in total. The number of nitrogens with one attached hydrogen (secondary N) is 1. The van der Waals surface area contributed by atoms with Gasteiger partial charge in [-0.2, -0.15) is 0 Å². The minimum atomic E-state index is 0.0727. The van der Waals surface area contributed by atoms with Gasteiger partial charge in [0.25, 0.3) is 0 Å². The Morgan fingerprint density at radius 1 is 1.19 bits per heavy atom. The molecule has 1 aromatic carbocycles. The predicted molar refractivity (Wildman–Crippen MR) is 86.7 cm³/mol. The molecule has 1 aliphatic rings. The Balaban J connectivity index is 1.70. The predicted octanol–water partition coefficient (Wildman–Crippen LogP) is 4.77. The SMILES string of the molecule is CCCC(=O)Nc1ccc(OCCC2CCCCC2)cc1. The van der Waals surface area contributed by atoms with Crippen LogP contribution in [0.4, 0.5) is 5.69 Å². The number of amides is 1.